The minimum absolute atomic E-state index is 0.0262. The number of nitrogens with zero attached hydrogens (tertiary/aromatic N) is 2. The number of hydrogen-bond donors (Lipinski definition) is 1. The van der Waals surface area contributed by atoms with Crippen molar-refractivity contribution in [3.05, 3.63) is 0 Å². The highest BCUT2D eigenvalue weighted by Crippen LogP contribution is 2.24. The molecule has 0 aromatic carbocycles. The van der Waals surface area contributed by atoms with E-state index in [0.717, 1.165) is 32.5 Å². The predicted octanol–water partition coefficient (Wildman–Crippen LogP) is 1.13. The van der Waals surface area contributed by atoms with Crippen LogP contribution in [0.3, 0.4) is 0 Å². The molecule has 2 aliphatic rings. The molecule has 0 bridgehead atoms. The molecule has 1 aliphatic heterocycles. The predicted molar refractivity (Wildman–Crippen MR) is 66.6 cm³/mol. The van der Waals surface area contributed by atoms with Gasteiger partial charge in [-0.15, -0.1) is 0 Å². The van der Waals surface area contributed by atoms with Gasteiger partial charge in [0.25, 0.3) is 0 Å². The molecule has 0 aromatic heterocycles. The number of likely N-dealkylation sites (tertiary alicyclic amines) is 1. The Morgan fingerprint density at radius 1 is 1.59 bits per heavy atom. The normalized spacial score (nSPS) is 32.1. The minimum Gasteiger partial charge on any atom is -0.377 e. The van der Waals surface area contributed by atoms with E-state index in [0.29, 0.717) is 6.04 Å². The average molecular weight is 237 g/mol. The molecule has 0 radical (unpaired) electrons. The van der Waals surface area contributed by atoms with Crippen LogP contribution in [0.1, 0.15) is 32.6 Å². The maximum Gasteiger partial charge on any atom is 0.108 e. The van der Waals surface area contributed by atoms with Crippen LogP contribution >= 0.6 is 0 Å². The number of rotatable bonds is 5. The summed E-state index contributed by atoms with van der Waals surface area (Å²) >= 11 is 0. The Morgan fingerprint density at radius 3 is 2.94 bits per heavy atom. The number of nitrogens with one attached hydrogen (secondary N) is 1. The standard InChI is InChI=1S/C13H23N3O/c1-13(17-2)6-3-7-16(10-13)9-12(8-14)15-11-4-5-11/h11-12,15H,3-7,9-10H2,1-2H3. The van der Waals surface area contributed by atoms with E-state index in [1.54, 1.807) is 7.11 Å². The summed E-state index contributed by atoms with van der Waals surface area (Å²) < 4.78 is 5.57. The van der Waals surface area contributed by atoms with E-state index in [-0.39, 0.29) is 11.6 Å². The lowest BCUT2D eigenvalue weighted by Gasteiger charge is -2.40. The SMILES string of the molecule is COC1(C)CCCN(CC(C#N)NC2CC2)C1. The second-order valence-electron chi connectivity index (χ2n) is 5.62. The number of piperidine rings is 1. The van der Waals surface area contributed by atoms with Crippen LogP contribution in [-0.2, 0) is 4.74 Å². The van der Waals surface area contributed by atoms with Gasteiger partial charge in [0.05, 0.1) is 11.7 Å². The molecule has 96 valence electrons. The largest absolute Gasteiger partial charge is 0.377 e. The Hall–Kier alpha value is -0.630. The van der Waals surface area contributed by atoms with E-state index >= 15 is 0 Å². The Balaban J connectivity index is 1.82. The van der Waals surface area contributed by atoms with Gasteiger partial charge in [-0.3, -0.25) is 10.2 Å². The van der Waals surface area contributed by atoms with Crippen LogP contribution in [0.25, 0.3) is 0 Å². The van der Waals surface area contributed by atoms with Crippen molar-refractivity contribution in [1.29, 1.82) is 5.26 Å². The molecule has 2 fully saturated rings. The number of ether oxygens (including phenoxy) is 1. The van der Waals surface area contributed by atoms with Crippen LogP contribution < -0.4 is 5.32 Å². The van der Waals surface area contributed by atoms with Crippen molar-refractivity contribution in [2.75, 3.05) is 26.7 Å². The van der Waals surface area contributed by atoms with Crippen LogP contribution in [0.2, 0.25) is 0 Å². The van der Waals surface area contributed by atoms with Crippen LogP contribution in [0.4, 0.5) is 0 Å². The van der Waals surface area contributed by atoms with Crippen molar-refractivity contribution in [2.45, 2.75) is 50.3 Å². The summed E-state index contributed by atoms with van der Waals surface area (Å²) in [4.78, 5) is 2.36. The average Bonchev–Trinajstić information content (AvgIpc) is 3.12. The molecule has 0 aromatic rings. The third kappa shape index (κ3) is 3.67. The van der Waals surface area contributed by atoms with Gasteiger partial charge in [-0.2, -0.15) is 5.26 Å². The zero-order chi connectivity index (χ0) is 12.3. The molecule has 17 heavy (non-hydrogen) atoms. The second kappa shape index (κ2) is 5.34. The molecule has 0 spiro atoms. The molecular weight excluding hydrogens is 214 g/mol. The molecule has 1 saturated heterocycles. The fraction of sp³-hybridized carbons (Fsp3) is 0.923. The molecule has 1 aliphatic carbocycles. The Morgan fingerprint density at radius 2 is 2.35 bits per heavy atom. The maximum atomic E-state index is 9.15. The van der Waals surface area contributed by atoms with E-state index < -0.39 is 0 Å². The Kier molecular flexibility index (Phi) is 4.03. The van der Waals surface area contributed by atoms with Gasteiger partial charge in [-0.1, -0.05) is 0 Å². The highest BCUT2D eigenvalue weighted by atomic mass is 16.5. The fourth-order valence-electron chi connectivity index (χ4n) is 2.55. The van der Waals surface area contributed by atoms with Gasteiger partial charge in [0.1, 0.15) is 6.04 Å². The maximum absolute atomic E-state index is 9.15. The van der Waals surface area contributed by atoms with Crippen LogP contribution in [-0.4, -0.2) is 49.3 Å². The summed E-state index contributed by atoms with van der Waals surface area (Å²) in [5.74, 6) is 0. The summed E-state index contributed by atoms with van der Waals surface area (Å²) in [6, 6.07) is 2.94. The van der Waals surface area contributed by atoms with Crippen molar-refractivity contribution in [3.8, 4) is 6.07 Å². The summed E-state index contributed by atoms with van der Waals surface area (Å²) in [5, 5.41) is 12.5. The number of hydrogen-bond acceptors (Lipinski definition) is 4. The smallest absolute Gasteiger partial charge is 0.108 e. The molecule has 0 amide bonds. The molecule has 4 nitrogen and oxygen atoms in total. The second-order valence-corrected chi connectivity index (χ2v) is 5.62. The van der Waals surface area contributed by atoms with E-state index in [4.69, 9.17) is 10.00 Å². The molecule has 2 unspecified atom stereocenters. The Labute approximate surface area is 104 Å². The fourth-order valence-corrected chi connectivity index (χ4v) is 2.55. The third-order valence-electron chi connectivity index (χ3n) is 3.84. The first-order valence-corrected chi connectivity index (χ1v) is 6.58. The summed E-state index contributed by atoms with van der Waals surface area (Å²) in [5.41, 5.74) is -0.0299. The molecule has 1 saturated carbocycles. The molecular formula is C13H23N3O. The van der Waals surface area contributed by atoms with Gasteiger partial charge >= 0.3 is 0 Å². The first-order chi connectivity index (χ1) is 8.15. The lowest BCUT2D eigenvalue weighted by Crippen LogP contribution is -2.51. The van der Waals surface area contributed by atoms with Crippen molar-refractivity contribution >= 4 is 0 Å². The molecule has 4 heteroatoms. The molecule has 1 N–H and O–H groups in total. The van der Waals surface area contributed by atoms with E-state index in [1.165, 1.54) is 12.8 Å². The van der Waals surface area contributed by atoms with Crippen molar-refractivity contribution in [1.82, 2.24) is 10.2 Å². The quantitative estimate of drug-likeness (QED) is 0.779. The summed E-state index contributed by atoms with van der Waals surface area (Å²) in [6.45, 7) is 5.01. The van der Waals surface area contributed by atoms with E-state index in [1.807, 2.05) is 0 Å². The van der Waals surface area contributed by atoms with Crippen molar-refractivity contribution in [2.24, 2.45) is 0 Å². The van der Waals surface area contributed by atoms with Crippen molar-refractivity contribution in [3.63, 3.8) is 0 Å². The number of nitriles is 1. The van der Waals surface area contributed by atoms with Crippen LogP contribution in [0.5, 0.6) is 0 Å². The summed E-state index contributed by atoms with van der Waals surface area (Å²) in [6.07, 6.45) is 4.74. The van der Waals surface area contributed by atoms with Gasteiger partial charge in [-0.05, 0) is 39.2 Å². The monoisotopic (exact) mass is 237 g/mol. The highest BCUT2D eigenvalue weighted by molar-refractivity contribution is 4.98. The van der Waals surface area contributed by atoms with Gasteiger partial charge in [0.2, 0.25) is 0 Å². The van der Waals surface area contributed by atoms with Gasteiger partial charge in [0.15, 0.2) is 0 Å². The highest BCUT2D eigenvalue weighted by Gasteiger charge is 2.32. The van der Waals surface area contributed by atoms with Crippen molar-refractivity contribution < 1.29 is 4.74 Å². The van der Waals surface area contributed by atoms with Gasteiger partial charge in [0, 0.05) is 26.2 Å². The van der Waals surface area contributed by atoms with E-state index in [9.17, 15) is 0 Å². The first-order valence-electron chi connectivity index (χ1n) is 6.58. The topological polar surface area (TPSA) is 48.3 Å². The molecule has 2 rings (SSSR count). The van der Waals surface area contributed by atoms with Gasteiger partial charge in [-0.25, -0.2) is 0 Å². The third-order valence-corrected chi connectivity index (χ3v) is 3.84. The molecule has 1 heterocycles. The van der Waals surface area contributed by atoms with Gasteiger partial charge < -0.3 is 4.74 Å². The summed E-state index contributed by atoms with van der Waals surface area (Å²) in [7, 11) is 1.79. The van der Waals surface area contributed by atoms with Crippen LogP contribution in [0, 0.1) is 11.3 Å². The molecule has 2 atom stereocenters. The lowest BCUT2D eigenvalue weighted by atomic mass is 9.94. The minimum atomic E-state index is -0.0299. The number of methoxy groups -OCH3 is 1. The lowest BCUT2D eigenvalue weighted by molar-refractivity contribution is -0.0513. The van der Waals surface area contributed by atoms with Crippen LogP contribution in [0.15, 0.2) is 0 Å². The van der Waals surface area contributed by atoms with E-state index in [2.05, 4.69) is 23.2 Å². The zero-order valence-corrected chi connectivity index (χ0v) is 10.9. The zero-order valence-electron chi connectivity index (χ0n) is 10.9. The Bertz CT molecular complexity index is 298. The first kappa shape index (κ1) is 12.8.